The number of nitrogens with zero attached hydrogens (tertiary/aromatic N) is 2. The summed E-state index contributed by atoms with van der Waals surface area (Å²) in [5.74, 6) is 7.26. The molecule has 1 aromatic carbocycles. The van der Waals surface area contributed by atoms with Gasteiger partial charge in [0.15, 0.2) is 0 Å². The second kappa shape index (κ2) is 6.83. The maximum Gasteiger partial charge on any atom is 0.0925 e. The van der Waals surface area contributed by atoms with Gasteiger partial charge in [0.05, 0.1) is 18.3 Å². The van der Waals surface area contributed by atoms with Crippen LogP contribution in [0.1, 0.15) is 43.2 Å². The summed E-state index contributed by atoms with van der Waals surface area (Å²) in [6.07, 6.45) is 8.51. The molecule has 0 N–H and O–H groups in total. The predicted octanol–water partition coefficient (Wildman–Crippen LogP) is 4.19. The van der Waals surface area contributed by atoms with E-state index in [9.17, 15) is 0 Å². The van der Waals surface area contributed by atoms with Gasteiger partial charge in [-0.25, -0.2) is 0 Å². The maximum absolute atomic E-state index is 5.81. The fourth-order valence-electron chi connectivity index (χ4n) is 3.21. The average molecular weight is 320 g/mol. The fourth-order valence-corrected chi connectivity index (χ4v) is 3.21. The Kier molecular flexibility index (Phi) is 4.40. The van der Waals surface area contributed by atoms with E-state index in [4.69, 9.17) is 9.84 Å². The van der Waals surface area contributed by atoms with Crippen LogP contribution in [0, 0.1) is 24.7 Å². The van der Waals surface area contributed by atoms with Crippen molar-refractivity contribution in [3.8, 4) is 23.1 Å². The van der Waals surface area contributed by atoms with E-state index in [1.165, 1.54) is 36.8 Å². The Bertz CT molecular complexity index is 771. The minimum Gasteiger partial charge on any atom is -0.376 e. The Morgan fingerprint density at radius 1 is 1.21 bits per heavy atom. The lowest BCUT2D eigenvalue weighted by molar-refractivity contribution is 0.00403. The van der Waals surface area contributed by atoms with Crippen molar-refractivity contribution < 1.29 is 4.74 Å². The number of ether oxygens (including phenoxy) is 1. The zero-order valence-corrected chi connectivity index (χ0v) is 14.3. The number of hydrogen-bond donors (Lipinski definition) is 0. The van der Waals surface area contributed by atoms with Crippen LogP contribution in [0.3, 0.4) is 0 Å². The molecule has 124 valence electrons. The Morgan fingerprint density at radius 2 is 2.12 bits per heavy atom. The van der Waals surface area contributed by atoms with Crippen molar-refractivity contribution in [2.75, 3.05) is 6.61 Å². The molecule has 1 atom stereocenters. The highest BCUT2D eigenvalue weighted by atomic mass is 16.5. The van der Waals surface area contributed by atoms with Gasteiger partial charge in [-0.15, -0.1) is 0 Å². The lowest BCUT2D eigenvalue weighted by Gasteiger charge is -2.22. The van der Waals surface area contributed by atoms with E-state index >= 15 is 0 Å². The topological polar surface area (TPSA) is 27.1 Å². The van der Waals surface area contributed by atoms with Gasteiger partial charge in [0.1, 0.15) is 0 Å². The van der Waals surface area contributed by atoms with Crippen molar-refractivity contribution in [3.63, 3.8) is 0 Å². The summed E-state index contributed by atoms with van der Waals surface area (Å²) in [6.45, 7) is 3.88. The molecule has 2 aliphatic rings. The third-order valence-corrected chi connectivity index (χ3v) is 4.81. The van der Waals surface area contributed by atoms with E-state index in [1.807, 2.05) is 4.68 Å². The van der Waals surface area contributed by atoms with Gasteiger partial charge >= 0.3 is 0 Å². The molecule has 0 amide bonds. The molecule has 0 unspecified atom stereocenters. The molecule has 2 fully saturated rings. The molecular formula is C21H24N2O. The molecule has 2 aromatic rings. The molecular weight excluding hydrogens is 296 g/mol. The van der Waals surface area contributed by atoms with E-state index in [1.54, 1.807) is 0 Å². The lowest BCUT2D eigenvalue weighted by Crippen LogP contribution is -2.24. The summed E-state index contributed by atoms with van der Waals surface area (Å²) < 4.78 is 7.83. The minimum absolute atomic E-state index is 0.313. The number of rotatable bonds is 3. The van der Waals surface area contributed by atoms with Crippen LogP contribution < -0.4 is 0 Å². The number of benzene rings is 1. The third kappa shape index (κ3) is 3.71. The predicted molar refractivity (Wildman–Crippen MR) is 95.6 cm³/mol. The van der Waals surface area contributed by atoms with Crippen LogP contribution in [0.4, 0.5) is 0 Å². The quantitative estimate of drug-likeness (QED) is 0.793. The molecule has 3 nitrogen and oxygen atoms in total. The smallest absolute Gasteiger partial charge is 0.0925 e. The van der Waals surface area contributed by atoms with Crippen molar-refractivity contribution in [2.45, 2.75) is 51.7 Å². The normalized spacial score (nSPS) is 20.5. The van der Waals surface area contributed by atoms with Crippen LogP contribution in [0.25, 0.3) is 11.3 Å². The molecule has 4 rings (SSSR count). The summed E-state index contributed by atoms with van der Waals surface area (Å²) in [6, 6.07) is 8.53. The first kappa shape index (κ1) is 15.5. The first-order valence-corrected chi connectivity index (χ1v) is 9.05. The Morgan fingerprint density at radius 3 is 2.88 bits per heavy atom. The van der Waals surface area contributed by atoms with E-state index in [0.29, 0.717) is 12.0 Å². The van der Waals surface area contributed by atoms with Crippen LogP contribution >= 0.6 is 0 Å². The molecule has 3 heteroatoms. The zero-order chi connectivity index (χ0) is 16.4. The SMILES string of the molecule is Cc1cc(C#CC2CC2)ccc1-c1ccn(C[C@H]2CCCCO2)n1. The minimum atomic E-state index is 0.313. The number of aryl methyl sites for hydroxylation is 1. The van der Waals surface area contributed by atoms with E-state index in [2.05, 4.69) is 49.2 Å². The van der Waals surface area contributed by atoms with Crippen LogP contribution in [-0.4, -0.2) is 22.5 Å². The standard InChI is InChI=1S/C21H24N2O/c1-16-14-18(8-7-17-5-6-17)9-10-20(16)21-11-12-23(22-21)15-19-4-2-3-13-24-19/h9-12,14,17,19H,2-6,13,15H2,1H3/t19-/m1/s1. The average Bonchev–Trinajstić information content (AvgIpc) is 3.32. The Labute approximate surface area is 144 Å². The number of hydrogen-bond acceptors (Lipinski definition) is 2. The number of aromatic nitrogens is 2. The Hall–Kier alpha value is -2.05. The van der Waals surface area contributed by atoms with Gasteiger partial charge in [0.2, 0.25) is 0 Å². The summed E-state index contributed by atoms with van der Waals surface area (Å²) in [7, 11) is 0. The van der Waals surface area contributed by atoms with Crippen LogP contribution in [0.15, 0.2) is 30.5 Å². The molecule has 1 aliphatic heterocycles. The monoisotopic (exact) mass is 320 g/mol. The Balaban J connectivity index is 1.48. The van der Waals surface area contributed by atoms with Gasteiger partial charge in [0.25, 0.3) is 0 Å². The summed E-state index contributed by atoms with van der Waals surface area (Å²) in [5.41, 5.74) is 4.57. The van der Waals surface area contributed by atoms with Gasteiger partial charge in [-0.05, 0) is 62.8 Å². The van der Waals surface area contributed by atoms with Crippen molar-refractivity contribution in [1.82, 2.24) is 9.78 Å². The molecule has 0 radical (unpaired) electrons. The van der Waals surface area contributed by atoms with Crippen molar-refractivity contribution >= 4 is 0 Å². The summed E-state index contributed by atoms with van der Waals surface area (Å²) in [4.78, 5) is 0. The third-order valence-electron chi connectivity index (χ3n) is 4.81. The molecule has 1 saturated heterocycles. The molecule has 0 bridgehead atoms. The lowest BCUT2D eigenvalue weighted by atomic mass is 10.0. The molecule has 1 aromatic heterocycles. The van der Waals surface area contributed by atoms with Gasteiger partial charge in [-0.3, -0.25) is 4.68 Å². The summed E-state index contributed by atoms with van der Waals surface area (Å²) in [5, 5.41) is 4.75. The van der Waals surface area contributed by atoms with E-state index in [-0.39, 0.29) is 0 Å². The molecule has 2 heterocycles. The highest BCUT2D eigenvalue weighted by molar-refractivity contribution is 5.64. The first-order valence-electron chi connectivity index (χ1n) is 9.05. The van der Waals surface area contributed by atoms with Gasteiger partial charge in [0, 0.05) is 29.8 Å². The molecule has 1 saturated carbocycles. The highest BCUT2D eigenvalue weighted by Gasteiger charge is 2.18. The van der Waals surface area contributed by atoms with Gasteiger partial charge < -0.3 is 4.74 Å². The van der Waals surface area contributed by atoms with E-state index in [0.717, 1.165) is 30.8 Å². The molecule has 24 heavy (non-hydrogen) atoms. The van der Waals surface area contributed by atoms with E-state index < -0.39 is 0 Å². The molecule has 1 aliphatic carbocycles. The fraction of sp³-hybridized carbons (Fsp3) is 0.476. The maximum atomic E-state index is 5.81. The van der Waals surface area contributed by atoms with Crippen LogP contribution in [-0.2, 0) is 11.3 Å². The van der Waals surface area contributed by atoms with Gasteiger partial charge in [-0.2, -0.15) is 5.10 Å². The highest BCUT2D eigenvalue weighted by Crippen LogP contribution is 2.28. The zero-order valence-electron chi connectivity index (χ0n) is 14.3. The van der Waals surface area contributed by atoms with Gasteiger partial charge in [-0.1, -0.05) is 17.9 Å². The second-order valence-electron chi connectivity index (χ2n) is 6.98. The largest absolute Gasteiger partial charge is 0.376 e. The van der Waals surface area contributed by atoms with Crippen molar-refractivity contribution in [1.29, 1.82) is 0 Å². The molecule has 0 spiro atoms. The second-order valence-corrected chi connectivity index (χ2v) is 6.98. The van der Waals surface area contributed by atoms with Crippen LogP contribution in [0.2, 0.25) is 0 Å². The summed E-state index contributed by atoms with van der Waals surface area (Å²) >= 11 is 0. The first-order chi connectivity index (χ1) is 11.8. The van der Waals surface area contributed by atoms with Crippen molar-refractivity contribution in [2.24, 2.45) is 5.92 Å². The van der Waals surface area contributed by atoms with Crippen LogP contribution in [0.5, 0.6) is 0 Å². The van der Waals surface area contributed by atoms with Crippen molar-refractivity contribution in [3.05, 3.63) is 41.6 Å².